The zero-order valence-electron chi connectivity index (χ0n) is 13.8. The molecular weight excluding hydrogens is 278 g/mol. The quantitative estimate of drug-likeness (QED) is 0.928. The average Bonchev–Trinajstić information content (AvgIpc) is 2.97. The number of nitrogens with zero attached hydrogens (tertiary/aromatic N) is 1. The molecule has 0 saturated carbocycles. The maximum absolute atomic E-state index is 10.9. The van der Waals surface area contributed by atoms with Gasteiger partial charge in [0.15, 0.2) is 0 Å². The van der Waals surface area contributed by atoms with E-state index in [1.165, 1.54) is 12.8 Å². The minimum Gasteiger partial charge on any atom is -0.493 e. The van der Waals surface area contributed by atoms with E-state index in [1.807, 2.05) is 18.2 Å². The van der Waals surface area contributed by atoms with Crippen LogP contribution in [0.4, 0.5) is 0 Å². The maximum atomic E-state index is 10.9. The van der Waals surface area contributed by atoms with Gasteiger partial charge in [0.2, 0.25) is 0 Å². The Bertz CT molecular complexity index is 523. The van der Waals surface area contributed by atoms with E-state index in [-0.39, 0.29) is 6.04 Å². The Kier molecular flexibility index (Phi) is 4.33. The second-order valence-corrected chi connectivity index (χ2v) is 6.89. The van der Waals surface area contributed by atoms with Crippen LogP contribution in [-0.4, -0.2) is 41.3 Å². The van der Waals surface area contributed by atoms with Crippen molar-refractivity contribution in [2.24, 2.45) is 0 Å². The van der Waals surface area contributed by atoms with Crippen LogP contribution in [0.3, 0.4) is 0 Å². The molecule has 1 saturated heterocycles. The summed E-state index contributed by atoms with van der Waals surface area (Å²) < 4.78 is 11.9. The molecule has 2 heterocycles. The molecule has 4 heteroatoms. The SMILES string of the molecule is CCCOc1ccc2c(c1)OC(C)(C)C(N1CCCC1)C2O. The monoisotopic (exact) mass is 305 g/mol. The number of fused-ring (bicyclic) bond motifs is 1. The lowest BCUT2D eigenvalue weighted by Crippen LogP contribution is -2.57. The molecule has 2 aliphatic rings. The van der Waals surface area contributed by atoms with Crippen LogP contribution in [0.15, 0.2) is 18.2 Å². The van der Waals surface area contributed by atoms with E-state index in [4.69, 9.17) is 9.47 Å². The number of hydrogen-bond donors (Lipinski definition) is 1. The van der Waals surface area contributed by atoms with Crippen molar-refractivity contribution in [3.63, 3.8) is 0 Å². The van der Waals surface area contributed by atoms with E-state index in [0.29, 0.717) is 6.61 Å². The summed E-state index contributed by atoms with van der Waals surface area (Å²) in [5, 5.41) is 10.9. The lowest BCUT2D eigenvalue weighted by Gasteiger charge is -2.47. The zero-order chi connectivity index (χ0) is 15.7. The fraction of sp³-hybridized carbons (Fsp3) is 0.667. The van der Waals surface area contributed by atoms with E-state index in [2.05, 4.69) is 25.7 Å². The number of aliphatic hydroxyl groups excluding tert-OH is 1. The summed E-state index contributed by atoms with van der Waals surface area (Å²) in [4.78, 5) is 2.37. The molecule has 0 bridgehead atoms. The molecule has 22 heavy (non-hydrogen) atoms. The van der Waals surface area contributed by atoms with Crippen molar-refractivity contribution in [3.8, 4) is 11.5 Å². The number of ether oxygens (including phenoxy) is 2. The van der Waals surface area contributed by atoms with Gasteiger partial charge in [-0.2, -0.15) is 0 Å². The molecule has 1 aromatic rings. The molecule has 0 radical (unpaired) electrons. The minimum atomic E-state index is -0.517. The highest BCUT2D eigenvalue weighted by Crippen LogP contribution is 2.44. The van der Waals surface area contributed by atoms with Crippen LogP contribution >= 0.6 is 0 Å². The number of rotatable bonds is 4. The van der Waals surface area contributed by atoms with Crippen molar-refractivity contribution in [1.82, 2.24) is 4.90 Å². The minimum absolute atomic E-state index is 0.00455. The molecule has 0 aliphatic carbocycles. The smallest absolute Gasteiger partial charge is 0.129 e. The second kappa shape index (κ2) is 6.09. The van der Waals surface area contributed by atoms with Crippen LogP contribution in [-0.2, 0) is 0 Å². The predicted molar refractivity (Wildman–Crippen MR) is 86.5 cm³/mol. The molecule has 0 aromatic heterocycles. The Balaban J connectivity index is 1.89. The standard InChI is InChI=1S/C18H27NO3/c1-4-11-21-13-7-8-14-15(12-13)22-18(2,3)17(16(14)20)19-9-5-6-10-19/h7-8,12,16-17,20H,4-6,9-11H2,1-3H3. The largest absolute Gasteiger partial charge is 0.493 e. The highest BCUT2D eigenvalue weighted by Gasteiger charge is 2.46. The van der Waals surface area contributed by atoms with Crippen molar-refractivity contribution >= 4 is 0 Å². The molecule has 0 amide bonds. The topological polar surface area (TPSA) is 41.9 Å². The van der Waals surface area contributed by atoms with Gasteiger partial charge in [0, 0.05) is 11.6 Å². The third-order valence-electron chi connectivity index (χ3n) is 4.69. The summed E-state index contributed by atoms with van der Waals surface area (Å²) in [6, 6.07) is 5.80. The van der Waals surface area contributed by atoms with E-state index in [0.717, 1.165) is 36.6 Å². The van der Waals surface area contributed by atoms with Crippen LogP contribution in [0.5, 0.6) is 11.5 Å². The lowest BCUT2D eigenvalue weighted by molar-refractivity contribution is -0.0758. The molecule has 1 aromatic carbocycles. The Morgan fingerprint density at radius 3 is 2.73 bits per heavy atom. The highest BCUT2D eigenvalue weighted by molar-refractivity contribution is 5.45. The Morgan fingerprint density at radius 2 is 2.05 bits per heavy atom. The first-order valence-corrected chi connectivity index (χ1v) is 8.41. The van der Waals surface area contributed by atoms with Gasteiger partial charge < -0.3 is 14.6 Å². The predicted octanol–water partition coefficient (Wildman–Crippen LogP) is 3.14. The number of likely N-dealkylation sites (tertiary alicyclic amines) is 1. The van der Waals surface area contributed by atoms with Crippen LogP contribution in [0.1, 0.15) is 51.7 Å². The highest BCUT2D eigenvalue weighted by atomic mass is 16.5. The summed E-state index contributed by atoms with van der Waals surface area (Å²) in [5.74, 6) is 1.56. The fourth-order valence-corrected chi connectivity index (χ4v) is 3.71. The number of benzene rings is 1. The van der Waals surface area contributed by atoms with Gasteiger partial charge in [-0.1, -0.05) is 6.92 Å². The molecule has 4 nitrogen and oxygen atoms in total. The third-order valence-corrected chi connectivity index (χ3v) is 4.69. The van der Waals surface area contributed by atoms with Gasteiger partial charge in [-0.3, -0.25) is 4.90 Å². The van der Waals surface area contributed by atoms with Crippen molar-refractivity contribution in [3.05, 3.63) is 23.8 Å². The second-order valence-electron chi connectivity index (χ2n) is 6.89. The third kappa shape index (κ3) is 2.82. The molecule has 2 aliphatic heterocycles. The Morgan fingerprint density at radius 1 is 1.32 bits per heavy atom. The summed E-state index contributed by atoms with van der Waals surface area (Å²) in [6.07, 6.45) is 2.87. The molecular formula is C18H27NO3. The Hall–Kier alpha value is -1.26. The van der Waals surface area contributed by atoms with Crippen molar-refractivity contribution in [2.45, 2.75) is 57.8 Å². The average molecular weight is 305 g/mol. The summed E-state index contributed by atoms with van der Waals surface area (Å²) in [5.41, 5.74) is 0.459. The first-order chi connectivity index (χ1) is 10.5. The molecule has 2 unspecified atom stereocenters. The van der Waals surface area contributed by atoms with E-state index in [9.17, 15) is 5.11 Å². The number of hydrogen-bond acceptors (Lipinski definition) is 4. The number of aliphatic hydroxyl groups is 1. The molecule has 1 fully saturated rings. The maximum Gasteiger partial charge on any atom is 0.129 e. The van der Waals surface area contributed by atoms with Crippen LogP contribution in [0.25, 0.3) is 0 Å². The molecule has 0 spiro atoms. The summed E-state index contributed by atoms with van der Waals surface area (Å²) in [6.45, 7) is 9.01. The zero-order valence-corrected chi connectivity index (χ0v) is 13.8. The van der Waals surface area contributed by atoms with Gasteiger partial charge in [-0.15, -0.1) is 0 Å². The summed E-state index contributed by atoms with van der Waals surface area (Å²) >= 11 is 0. The molecule has 1 N–H and O–H groups in total. The fourth-order valence-electron chi connectivity index (χ4n) is 3.71. The van der Waals surface area contributed by atoms with E-state index in [1.54, 1.807) is 0 Å². The lowest BCUT2D eigenvalue weighted by atomic mass is 9.85. The molecule has 2 atom stereocenters. The molecule has 3 rings (SSSR count). The van der Waals surface area contributed by atoms with Gasteiger partial charge in [-0.25, -0.2) is 0 Å². The van der Waals surface area contributed by atoms with Crippen LogP contribution in [0, 0.1) is 0 Å². The first kappa shape index (κ1) is 15.6. The van der Waals surface area contributed by atoms with Crippen molar-refractivity contribution < 1.29 is 14.6 Å². The van der Waals surface area contributed by atoms with Gasteiger partial charge in [0.05, 0.1) is 12.6 Å². The van der Waals surface area contributed by atoms with Gasteiger partial charge in [-0.05, 0) is 58.3 Å². The summed E-state index contributed by atoms with van der Waals surface area (Å²) in [7, 11) is 0. The van der Waals surface area contributed by atoms with Gasteiger partial charge in [0.25, 0.3) is 0 Å². The van der Waals surface area contributed by atoms with Gasteiger partial charge >= 0.3 is 0 Å². The molecule has 122 valence electrons. The van der Waals surface area contributed by atoms with E-state index < -0.39 is 11.7 Å². The van der Waals surface area contributed by atoms with Gasteiger partial charge in [0.1, 0.15) is 23.2 Å². The van der Waals surface area contributed by atoms with Crippen LogP contribution < -0.4 is 9.47 Å². The van der Waals surface area contributed by atoms with E-state index >= 15 is 0 Å². The van der Waals surface area contributed by atoms with Crippen molar-refractivity contribution in [1.29, 1.82) is 0 Å². The first-order valence-electron chi connectivity index (χ1n) is 8.41. The normalized spacial score (nSPS) is 27.3. The van der Waals surface area contributed by atoms with Crippen molar-refractivity contribution in [2.75, 3.05) is 19.7 Å². The Labute approximate surface area is 133 Å². The van der Waals surface area contributed by atoms with Crippen LogP contribution in [0.2, 0.25) is 0 Å².